The molecule has 9 nitrogen and oxygen atoms in total. The Morgan fingerprint density at radius 1 is 1.27 bits per heavy atom. The van der Waals surface area contributed by atoms with Gasteiger partial charge in [-0.2, -0.15) is 0 Å². The summed E-state index contributed by atoms with van der Waals surface area (Å²) in [6.45, 7) is 0. The Balaban J connectivity index is 2.39. The molecule has 114 valence electrons. The summed E-state index contributed by atoms with van der Waals surface area (Å²) >= 11 is 0. The van der Waals surface area contributed by atoms with Gasteiger partial charge in [-0.15, -0.1) is 0 Å². The van der Waals surface area contributed by atoms with E-state index in [-0.39, 0.29) is 23.1 Å². The smallest absolute Gasteiger partial charge is 0.409 e. The molecule has 9 heteroatoms. The van der Waals surface area contributed by atoms with Gasteiger partial charge in [0.15, 0.2) is 5.82 Å². The minimum Gasteiger partial charge on any atom is -0.465 e. The molecule has 0 fully saturated rings. The minimum absolute atomic E-state index is 0.106. The SMILES string of the molecule is CN(C)C(=O)c1cnc(-n2cccc(NC(=O)O)c2=O)cn1. The van der Waals surface area contributed by atoms with Crippen molar-refractivity contribution < 1.29 is 14.7 Å². The fourth-order valence-electron chi connectivity index (χ4n) is 1.67. The average molecular weight is 303 g/mol. The van der Waals surface area contributed by atoms with Crippen molar-refractivity contribution in [3.63, 3.8) is 0 Å². The quantitative estimate of drug-likeness (QED) is 0.848. The Morgan fingerprint density at radius 3 is 2.55 bits per heavy atom. The van der Waals surface area contributed by atoms with Crippen LogP contribution in [0.5, 0.6) is 0 Å². The van der Waals surface area contributed by atoms with Crippen LogP contribution in [-0.2, 0) is 0 Å². The first-order valence-electron chi connectivity index (χ1n) is 6.16. The zero-order chi connectivity index (χ0) is 16.3. The molecule has 0 aliphatic carbocycles. The summed E-state index contributed by atoms with van der Waals surface area (Å²) in [6, 6.07) is 2.83. The van der Waals surface area contributed by atoms with Crippen molar-refractivity contribution in [1.82, 2.24) is 19.4 Å². The number of hydrogen-bond acceptors (Lipinski definition) is 5. The Morgan fingerprint density at radius 2 is 2.00 bits per heavy atom. The van der Waals surface area contributed by atoms with E-state index in [0.717, 1.165) is 4.57 Å². The van der Waals surface area contributed by atoms with Gasteiger partial charge < -0.3 is 10.0 Å². The van der Waals surface area contributed by atoms with E-state index in [9.17, 15) is 14.4 Å². The van der Waals surface area contributed by atoms with E-state index in [4.69, 9.17) is 5.11 Å². The van der Waals surface area contributed by atoms with Crippen LogP contribution in [0.3, 0.4) is 0 Å². The van der Waals surface area contributed by atoms with Gasteiger partial charge in [0.05, 0.1) is 12.4 Å². The third-order valence-corrected chi connectivity index (χ3v) is 2.70. The molecule has 0 atom stereocenters. The zero-order valence-electron chi connectivity index (χ0n) is 11.8. The molecule has 2 aromatic heterocycles. The lowest BCUT2D eigenvalue weighted by molar-refractivity contribution is 0.0821. The number of carboxylic acid groups (broad SMARTS) is 1. The maximum Gasteiger partial charge on any atom is 0.409 e. The lowest BCUT2D eigenvalue weighted by Gasteiger charge is -2.10. The summed E-state index contributed by atoms with van der Waals surface area (Å²) in [5.74, 6) is -0.137. The van der Waals surface area contributed by atoms with Gasteiger partial charge in [-0.1, -0.05) is 0 Å². The normalized spacial score (nSPS) is 10.1. The summed E-state index contributed by atoms with van der Waals surface area (Å²) in [5, 5.41) is 10.7. The number of rotatable bonds is 3. The molecule has 0 radical (unpaired) electrons. The second-order valence-corrected chi connectivity index (χ2v) is 4.49. The van der Waals surface area contributed by atoms with Gasteiger partial charge in [0.1, 0.15) is 11.4 Å². The Kier molecular flexibility index (Phi) is 4.16. The number of nitrogens with zero attached hydrogens (tertiary/aromatic N) is 4. The number of pyridine rings is 1. The van der Waals surface area contributed by atoms with Crippen molar-refractivity contribution in [2.75, 3.05) is 19.4 Å². The highest BCUT2D eigenvalue weighted by atomic mass is 16.4. The molecule has 2 amide bonds. The predicted molar refractivity (Wildman–Crippen MR) is 77.3 cm³/mol. The predicted octanol–water partition coefficient (Wildman–Crippen LogP) is 0.419. The summed E-state index contributed by atoms with van der Waals surface area (Å²) in [6.07, 6.45) is 2.60. The number of carbonyl (C=O) groups excluding carboxylic acids is 1. The van der Waals surface area contributed by atoms with Crippen molar-refractivity contribution in [2.24, 2.45) is 0 Å². The van der Waals surface area contributed by atoms with E-state index in [2.05, 4.69) is 9.97 Å². The van der Waals surface area contributed by atoms with Gasteiger partial charge in [0.2, 0.25) is 0 Å². The third kappa shape index (κ3) is 3.08. The van der Waals surface area contributed by atoms with Crippen LogP contribution < -0.4 is 10.9 Å². The number of aromatic nitrogens is 3. The molecule has 22 heavy (non-hydrogen) atoms. The molecule has 2 rings (SSSR count). The number of anilines is 1. The molecule has 0 saturated carbocycles. The average Bonchev–Trinajstić information content (AvgIpc) is 2.48. The molecule has 0 aliphatic heterocycles. The van der Waals surface area contributed by atoms with E-state index < -0.39 is 11.7 Å². The molecular formula is C13H13N5O4. The zero-order valence-corrected chi connectivity index (χ0v) is 11.8. The second-order valence-electron chi connectivity index (χ2n) is 4.49. The van der Waals surface area contributed by atoms with Crippen molar-refractivity contribution in [2.45, 2.75) is 0 Å². The number of hydrogen-bond donors (Lipinski definition) is 2. The molecule has 0 unspecified atom stereocenters. The largest absolute Gasteiger partial charge is 0.465 e. The van der Waals surface area contributed by atoms with Gasteiger partial charge >= 0.3 is 6.09 Å². The first kappa shape index (κ1) is 15.2. The summed E-state index contributed by atoms with van der Waals surface area (Å²) in [7, 11) is 3.17. The molecule has 0 bridgehead atoms. The van der Waals surface area contributed by atoms with Crippen LogP contribution in [0, 0.1) is 0 Å². The van der Waals surface area contributed by atoms with E-state index in [1.165, 1.54) is 35.6 Å². The van der Waals surface area contributed by atoms with Crippen LogP contribution in [0.25, 0.3) is 5.82 Å². The lowest BCUT2D eigenvalue weighted by Crippen LogP contribution is -2.25. The van der Waals surface area contributed by atoms with E-state index in [1.807, 2.05) is 5.32 Å². The van der Waals surface area contributed by atoms with Gasteiger partial charge in [-0.25, -0.2) is 14.8 Å². The summed E-state index contributed by atoms with van der Waals surface area (Å²) in [5.41, 5.74) is -0.558. The Hall–Kier alpha value is -3.23. The van der Waals surface area contributed by atoms with Crippen LogP contribution >= 0.6 is 0 Å². The molecule has 2 aromatic rings. The second kappa shape index (κ2) is 6.04. The third-order valence-electron chi connectivity index (χ3n) is 2.70. The fourth-order valence-corrected chi connectivity index (χ4v) is 1.67. The summed E-state index contributed by atoms with van der Waals surface area (Å²) < 4.78 is 1.13. The molecule has 2 N–H and O–H groups in total. The maximum absolute atomic E-state index is 12.1. The van der Waals surface area contributed by atoms with Crippen LogP contribution in [0.15, 0.2) is 35.5 Å². The van der Waals surface area contributed by atoms with Crippen molar-refractivity contribution in [3.8, 4) is 5.82 Å². The highest BCUT2D eigenvalue weighted by Gasteiger charge is 2.12. The van der Waals surface area contributed by atoms with Crippen LogP contribution in [0.1, 0.15) is 10.5 Å². The van der Waals surface area contributed by atoms with Gasteiger partial charge in [0, 0.05) is 20.3 Å². The number of amides is 2. The molecule has 0 spiro atoms. The van der Waals surface area contributed by atoms with E-state index in [0.29, 0.717) is 0 Å². The number of carbonyl (C=O) groups is 2. The lowest BCUT2D eigenvalue weighted by atomic mass is 10.4. The summed E-state index contributed by atoms with van der Waals surface area (Å²) in [4.78, 5) is 43.8. The van der Waals surface area contributed by atoms with Crippen LogP contribution in [0.2, 0.25) is 0 Å². The molecule has 2 heterocycles. The molecule has 0 aliphatic rings. The standard InChI is InChI=1S/C13H13N5O4/c1-17(2)11(19)9-6-15-10(7-14-9)18-5-3-4-8(12(18)20)16-13(21)22/h3-7,16H,1-2H3,(H,21,22). The first-order chi connectivity index (χ1) is 10.4. The number of nitrogens with one attached hydrogen (secondary N) is 1. The van der Waals surface area contributed by atoms with E-state index >= 15 is 0 Å². The van der Waals surface area contributed by atoms with Crippen LogP contribution in [0.4, 0.5) is 10.5 Å². The van der Waals surface area contributed by atoms with Crippen molar-refractivity contribution >= 4 is 17.7 Å². The highest BCUT2D eigenvalue weighted by Crippen LogP contribution is 2.05. The highest BCUT2D eigenvalue weighted by molar-refractivity contribution is 5.91. The monoisotopic (exact) mass is 303 g/mol. The molecule has 0 saturated heterocycles. The van der Waals surface area contributed by atoms with Gasteiger partial charge in [0.25, 0.3) is 11.5 Å². The van der Waals surface area contributed by atoms with Crippen LogP contribution in [-0.4, -0.2) is 50.6 Å². The Labute approximate surface area is 124 Å². The molecular weight excluding hydrogens is 290 g/mol. The van der Waals surface area contributed by atoms with Gasteiger partial charge in [-0.05, 0) is 12.1 Å². The Bertz CT molecular complexity index is 767. The van der Waals surface area contributed by atoms with E-state index in [1.54, 1.807) is 14.1 Å². The maximum atomic E-state index is 12.1. The van der Waals surface area contributed by atoms with Crippen molar-refractivity contribution in [1.29, 1.82) is 0 Å². The topological polar surface area (TPSA) is 117 Å². The van der Waals surface area contributed by atoms with Crippen molar-refractivity contribution in [3.05, 3.63) is 46.8 Å². The molecule has 0 aromatic carbocycles. The minimum atomic E-state index is -1.34. The fraction of sp³-hybridized carbons (Fsp3) is 0.154. The first-order valence-corrected chi connectivity index (χ1v) is 6.16. The van der Waals surface area contributed by atoms with Gasteiger partial charge in [-0.3, -0.25) is 19.5 Å².